The molecule has 0 heterocycles. The highest BCUT2D eigenvalue weighted by Crippen LogP contribution is 1.97. The first kappa shape index (κ1) is 10.8. The van der Waals surface area contributed by atoms with Crippen molar-refractivity contribution in [3.05, 3.63) is 34.7 Å². The summed E-state index contributed by atoms with van der Waals surface area (Å²) < 4.78 is 0. The molecule has 0 aliphatic rings. The molecule has 0 aliphatic carbocycles. The van der Waals surface area contributed by atoms with E-state index in [-0.39, 0.29) is 0 Å². The van der Waals surface area contributed by atoms with Crippen molar-refractivity contribution < 1.29 is 0 Å². The Morgan fingerprint density at radius 3 is 2.64 bits per heavy atom. The summed E-state index contributed by atoms with van der Waals surface area (Å²) >= 11 is 0. The van der Waals surface area contributed by atoms with Gasteiger partial charge in [0.15, 0.2) is 0 Å². The fourth-order valence-corrected chi connectivity index (χ4v) is 1.67. The molecule has 14 heavy (non-hydrogen) atoms. The van der Waals surface area contributed by atoms with E-state index in [9.17, 15) is 0 Å². The van der Waals surface area contributed by atoms with Gasteiger partial charge in [0.05, 0.1) is 0 Å². The van der Waals surface area contributed by atoms with Gasteiger partial charge in [0.25, 0.3) is 0 Å². The molecule has 1 aromatic carbocycles. The summed E-state index contributed by atoms with van der Waals surface area (Å²) in [5, 5.41) is 5.93. The van der Waals surface area contributed by atoms with Crippen LogP contribution >= 0.6 is 0 Å². The average Bonchev–Trinajstić information content (AvgIpc) is 2.26. The molecule has 0 unspecified atom stereocenters. The average molecular weight is 189 g/mol. The molecule has 0 aliphatic heterocycles. The van der Waals surface area contributed by atoms with E-state index in [0.717, 1.165) is 6.42 Å². The largest absolute Gasteiger partial charge is 0.391 e. The minimum Gasteiger partial charge on any atom is -0.391 e. The Kier molecular flexibility index (Phi) is 4.24. The van der Waals surface area contributed by atoms with E-state index in [2.05, 4.69) is 49.5 Å². The fraction of sp³-hybridized carbons (Fsp3) is 0.385. The summed E-state index contributed by atoms with van der Waals surface area (Å²) in [5.41, 5.74) is 1.33. The molecular formula is C13H19N. The molecule has 76 valence electrons. The van der Waals surface area contributed by atoms with Gasteiger partial charge in [0, 0.05) is 18.0 Å². The van der Waals surface area contributed by atoms with Crippen LogP contribution in [0.2, 0.25) is 0 Å². The lowest BCUT2D eigenvalue weighted by atomic mass is 10.1. The highest BCUT2D eigenvalue weighted by Gasteiger charge is 1.94. The van der Waals surface area contributed by atoms with E-state index in [1.54, 1.807) is 0 Å². The van der Waals surface area contributed by atoms with E-state index in [1.807, 2.05) is 7.05 Å². The quantitative estimate of drug-likeness (QED) is 0.762. The predicted molar refractivity (Wildman–Crippen MR) is 63.2 cm³/mol. The van der Waals surface area contributed by atoms with Gasteiger partial charge in [-0.05, 0) is 18.6 Å². The van der Waals surface area contributed by atoms with E-state index < -0.39 is 0 Å². The van der Waals surface area contributed by atoms with E-state index in [4.69, 9.17) is 0 Å². The topological polar surface area (TPSA) is 12.0 Å². The first-order chi connectivity index (χ1) is 6.83. The van der Waals surface area contributed by atoms with Crippen molar-refractivity contribution in [1.29, 1.82) is 0 Å². The molecule has 1 heteroatoms. The zero-order valence-electron chi connectivity index (χ0n) is 9.30. The first-order valence-corrected chi connectivity index (χ1v) is 5.25. The second-order valence-corrected chi connectivity index (χ2v) is 3.35. The Hall–Kier alpha value is -1.24. The van der Waals surface area contributed by atoms with Gasteiger partial charge < -0.3 is 5.32 Å². The van der Waals surface area contributed by atoms with Gasteiger partial charge >= 0.3 is 0 Å². The Morgan fingerprint density at radius 1 is 1.36 bits per heavy atom. The summed E-state index contributed by atoms with van der Waals surface area (Å²) in [6.45, 7) is 4.29. The number of rotatable bonds is 3. The zero-order valence-corrected chi connectivity index (χ0v) is 9.30. The maximum Gasteiger partial charge on any atom is 0.0183 e. The molecule has 0 saturated heterocycles. The second-order valence-electron chi connectivity index (χ2n) is 3.35. The van der Waals surface area contributed by atoms with Crippen LogP contribution < -0.4 is 15.8 Å². The van der Waals surface area contributed by atoms with Gasteiger partial charge in [0.1, 0.15) is 0 Å². The fourth-order valence-electron chi connectivity index (χ4n) is 1.67. The smallest absolute Gasteiger partial charge is 0.0183 e. The molecule has 0 bridgehead atoms. The predicted octanol–water partition coefficient (Wildman–Crippen LogP) is 1.61. The Balaban J connectivity index is 3.39. The minimum absolute atomic E-state index is 1.11. The summed E-state index contributed by atoms with van der Waals surface area (Å²) in [4.78, 5) is 0. The monoisotopic (exact) mass is 189 g/mol. The van der Waals surface area contributed by atoms with Crippen LogP contribution in [0.5, 0.6) is 0 Å². The van der Waals surface area contributed by atoms with E-state index in [1.165, 1.54) is 22.6 Å². The molecule has 1 N–H and O–H groups in total. The van der Waals surface area contributed by atoms with Crippen LogP contribution in [-0.2, 0) is 0 Å². The maximum atomic E-state index is 3.29. The van der Waals surface area contributed by atoms with Crippen LogP contribution in [0.3, 0.4) is 0 Å². The van der Waals surface area contributed by atoms with Gasteiger partial charge in [-0.2, -0.15) is 0 Å². The molecule has 1 aromatic rings. The summed E-state index contributed by atoms with van der Waals surface area (Å²) in [5.74, 6) is 0. The van der Waals surface area contributed by atoms with Crippen molar-refractivity contribution in [2.45, 2.75) is 26.7 Å². The Bertz CT molecular complexity index is 390. The third kappa shape index (κ3) is 2.38. The van der Waals surface area contributed by atoms with Crippen LogP contribution in [0.1, 0.15) is 26.7 Å². The number of hydrogen-bond donors (Lipinski definition) is 1. The second kappa shape index (κ2) is 5.48. The molecule has 1 nitrogen and oxygen atoms in total. The zero-order chi connectivity index (χ0) is 10.4. The lowest BCUT2D eigenvalue weighted by Gasteiger charge is -2.05. The molecule has 0 aromatic heterocycles. The minimum atomic E-state index is 1.11. The van der Waals surface area contributed by atoms with Gasteiger partial charge in [-0.25, -0.2) is 0 Å². The Labute approximate surface area is 86.2 Å². The van der Waals surface area contributed by atoms with Crippen molar-refractivity contribution in [2.75, 3.05) is 7.05 Å². The SMILES string of the molecule is C/C=c1/cccc/c1=C(\CCC)NC. The van der Waals surface area contributed by atoms with Gasteiger partial charge in [-0.15, -0.1) is 0 Å². The molecule has 1 rings (SSSR count). The maximum absolute atomic E-state index is 3.29. The molecule has 0 spiro atoms. The molecular weight excluding hydrogens is 170 g/mol. The van der Waals surface area contributed by atoms with Crippen LogP contribution in [0.4, 0.5) is 0 Å². The third-order valence-electron chi connectivity index (χ3n) is 2.40. The number of nitrogens with one attached hydrogen (secondary N) is 1. The van der Waals surface area contributed by atoms with Crippen LogP contribution in [0.15, 0.2) is 24.3 Å². The van der Waals surface area contributed by atoms with Crippen molar-refractivity contribution in [3.8, 4) is 0 Å². The molecule has 0 radical (unpaired) electrons. The van der Waals surface area contributed by atoms with E-state index >= 15 is 0 Å². The lowest BCUT2D eigenvalue weighted by molar-refractivity contribution is 0.900. The molecule has 0 saturated carbocycles. The van der Waals surface area contributed by atoms with Crippen molar-refractivity contribution in [3.63, 3.8) is 0 Å². The molecule has 0 amide bonds. The van der Waals surface area contributed by atoms with Gasteiger partial charge in [0.2, 0.25) is 0 Å². The van der Waals surface area contributed by atoms with E-state index in [0.29, 0.717) is 0 Å². The van der Waals surface area contributed by atoms with Crippen LogP contribution in [0, 0.1) is 0 Å². The highest BCUT2D eigenvalue weighted by molar-refractivity contribution is 5.43. The van der Waals surface area contributed by atoms with Gasteiger partial charge in [-0.1, -0.05) is 43.7 Å². The molecule has 0 atom stereocenters. The third-order valence-corrected chi connectivity index (χ3v) is 2.40. The highest BCUT2D eigenvalue weighted by atomic mass is 14.8. The van der Waals surface area contributed by atoms with Crippen molar-refractivity contribution in [1.82, 2.24) is 5.32 Å². The van der Waals surface area contributed by atoms with Crippen molar-refractivity contribution in [2.24, 2.45) is 0 Å². The van der Waals surface area contributed by atoms with Crippen LogP contribution in [-0.4, -0.2) is 7.05 Å². The first-order valence-electron chi connectivity index (χ1n) is 5.25. The standard InChI is InChI=1S/C13H19N/c1-4-8-13(14-3)12-10-7-6-9-11(12)5-2/h5-7,9-10,14H,4,8H2,1-3H3/b11-5-,13-12-. The Morgan fingerprint density at radius 2 is 2.07 bits per heavy atom. The lowest BCUT2D eigenvalue weighted by Crippen LogP contribution is -2.30. The van der Waals surface area contributed by atoms with Crippen molar-refractivity contribution >= 4 is 11.8 Å². The normalized spacial score (nSPS) is 14.1. The number of benzene rings is 1. The van der Waals surface area contributed by atoms with Crippen LogP contribution in [0.25, 0.3) is 11.8 Å². The number of hydrogen-bond acceptors (Lipinski definition) is 1. The van der Waals surface area contributed by atoms with Gasteiger partial charge in [-0.3, -0.25) is 0 Å². The summed E-state index contributed by atoms with van der Waals surface area (Å²) in [6, 6.07) is 8.51. The summed E-state index contributed by atoms with van der Waals surface area (Å²) in [7, 11) is 2.00. The summed E-state index contributed by atoms with van der Waals surface area (Å²) in [6.07, 6.45) is 4.44. The molecule has 0 fully saturated rings.